The molecule has 1 aromatic rings. The molecule has 0 saturated heterocycles. The van der Waals surface area contributed by atoms with Crippen LogP contribution >= 0.6 is 23.2 Å². The van der Waals surface area contributed by atoms with Gasteiger partial charge in [0, 0.05) is 6.04 Å². The largest absolute Gasteiger partial charge is 0.324 e. The minimum absolute atomic E-state index is 0.0553. The summed E-state index contributed by atoms with van der Waals surface area (Å²) in [7, 11) is 0. The summed E-state index contributed by atoms with van der Waals surface area (Å²) < 4.78 is 0. The minimum atomic E-state index is 0.0553. The Morgan fingerprint density at radius 1 is 1.33 bits per heavy atom. The molecule has 0 fully saturated rings. The minimum Gasteiger partial charge on any atom is -0.324 e. The van der Waals surface area contributed by atoms with E-state index >= 15 is 0 Å². The second kappa shape index (κ2) is 4.13. The smallest absolute Gasteiger partial charge is 0.0595 e. The van der Waals surface area contributed by atoms with Gasteiger partial charge >= 0.3 is 0 Å². The zero-order valence-electron chi connectivity index (χ0n) is 6.85. The van der Waals surface area contributed by atoms with Crippen LogP contribution in [0.2, 0.25) is 10.0 Å². The van der Waals surface area contributed by atoms with Crippen LogP contribution in [-0.4, -0.2) is 0 Å². The maximum atomic E-state index is 5.83. The van der Waals surface area contributed by atoms with Gasteiger partial charge in [-0.3, -0.25) is 0 Å². The van der Waals surface area contributed by atoms with E-state index in [1.807, 2.05) is 19.1 Å². The van der Waals surface area contributed by atoms with Gasteiger partial charge in [0.25, 0.3) is 0 Å². The lowest BCUT2D eigenvalue weighted by atomic mass is 10.1. The Hall–Kier alpha value is -0.240. The van der Waals surface area contributed by atoms with Crippen LogP contribution in [0.4, 0.5) is 0 Å². The Morgan fingerprint density at radius 2 is 2.00 bits per heavy atom. The first-order valence-electron chi connectivity index (χ1n) is 3.85. The number of hydrogen-bond acceptors (Lipinski definition) is 1. The van der Waals surface area contributed by atoms with Crippen LogP contribution in [0.5, 0.6) is 0 Å². The summed E-state index contributed by atoms with van der Waals surface area (Å²) in [6, 6.07) is 5.55. The number of benzene rings is 1. The van der Waals surface area contributed by atoms with Gasteiger partial charge in [0.2, 0.25) is 0 Å². The van der Waals surface area contributed by atoms with Crippen LogP contribution in [0.15, 0.2) is 18.2 Å². The van der Waals surface area contributed by atoms with E-state index < -0.39 is 0 Å². The molecule has 1 atom stereocenters. The molecule has 12 heavy (non-hydrogen) atoms. The van der Waals surface area contributed by atoms with Crippen molar-refractivity contribution in [2.45, 2.75) is 19.4 Å². The molecule has 1 aromatic carbocycles. The van der Waals surface area contributed by atoms with Gasteiger partial charge in [-0.25, -0.2) is 0 Å². The van der Waals surface area contributed by atoms with E-state index in [0.717, 1.165) is 12.0 Å². The quantitative estimate of drug-likeness (QED) is 0.784. The Labute approximate surface area is 82.5 Å². The number of rotatable bonds is 2. The molecule has 0 aromatic heterocycles. The summed E-state index contributed by atoms with van der Waals surface area (Å²) in [6.07, 6.45) is 0.901. The van der Waals surface area contributed by atoms with Crippen LogP contribution in [-0.2, 0) is 0 Å². The summed E-state index contributed by atoms with van der Waals surface area (Å²) in [5.74, 6) is 0. The average molecular weight is 204 g/mol. The average Bonchev–Trinajstić information content (AvgIpc) is 2.08. The molecule has 0 heterocycles. The molecule has 0 aliphatic rings. The molecular weight excluding hydrogens is 193 g/mol. The van der Waals surface area contributed by atoms with Gasteiger partial charge in [-0.15, -0.1) is 0 Å². The number of halogens is 2. The van der Waals surface area contributed by atoms with Crippen molar-refractivity contribution < 1.29 is 0 Å². The highest BCUT2D eigenvalue weighted by molar-refractivity contribution is 6.42. The SMILES string of the molecule is CC[C@H](N)c1ccc(Cl)c(Cl)c1. The lowest BCUT2D eigenvalue weighted by Gasteiger charge is -2.09. The first kappa shape index (κ1) is 9.85. The molecule has 0 aliphatic heterocycles. The highest BCUT2D eigenvalue weighted by Gasteiger charge is 2.04. The molecule has 1 rings (SSSR count). The highest BCUT2D eigenvalue weighted by Crippen LogP contribution is 2.25. The van der Waals surface area contributed by atoms with Crippen molar-refractivity contribution in [3.05, 3.63) is 33.8 Å². The van der Waals surface area contributed by atoms with Crippen LogP contribution in [0, 0.1) is 0 Å². The molecule has 0 unspecified atom stereocenters. The van der Waals surface area contributed by atoms with Crippen molar-refractivity contribution >= 4 is 23.2 Å². The van der Waals surface area contributed by atoms with Gasteiger partial charge in [-0.2, -0.15) is 0 Å². The normalized spacial score (nSPS) is 13.0. The highest BCUT2D eigenvalue weighted by atomic mass is 35.5. The van der Waals surface area contributed by atoms with Gasteiger partial charge in [0.05, 0.1) is 10.0 Å². The fourth-order valence-corrected chi connectivity index (χ4v) is 1.29. The summed E-state index contributed by atoms with van der Waals surface area (Å²) in [4.78, 5) is 0. The summed E-state index contributed by atoms with van der Waals surface area (Å²) in [6.45, 7) is 2.03. The summed E-state index contributed by atoms with van der Waals surface area (Å²) >= 11 is 11.6. The van der Waals surface area contributed by atoms with Crippen molar-refractivity contribution in [1.82, 2.24) is 0 Å². The van der Waals surface area contributed by atoms with Crippen LogP contribution in [0.3, 0.4) is 0 Å². The fourth-order valence-electron chi connectivity index (χ4n) is 0.979. The molecule has 0 saturated carbocycles. The lowest BCUT2D eigenvalue weighted by Crippen LogP contribution is -2.08. The van der Waals surface area contributed by atoms with E-state index in [1.54, 1.807) is 6.07 Å². The first-order valence-corrected chi connectivity index (χ1v) is 4.61. The third-order valence-corrected chi connectivity index (χ3v) is 2.55. The topological polar surface area (TPSA) is 26.0 Å². The van der Waals surface area contributed by atoms with Crippen molar-refractivity contribution in [2.75, 3.05) is 0 Å². The predicted molar refractivity (Wildman–Crippen MR) is 53.7 cm³/mol. The first-order chi connectivity index (χ1) is 5.65. The number of hydrogen-bond donors (Lipinski definition) is 1. The summed E-state index contributed by atoms with van der Waals surface area (Å²) in [5.41, 5.74) is 6.85. The Balaban J connectivity index is 2.96. The predicted octanol–water partition coefficient (Wildman–Crippen LogP) is 3.40. The fraction of sp³-hybridized carbons (Fsp3) is 0.333. The van der Waals surface area contributed by atoms with E-state index in [2.05, 4.69) is 0 Å². The zero-order valence-corrected chi connectivity index (χ0v) is 8.36. The third-order valence-electron chi connectivity index (χ3n) is 1.81. The maximum Gasteiger partial charge on any atom is 0.0595 e. The Bertz CT molecular complexity index is 273. The second-order valence-electron chi connectivity index (χ2n) is 2.69. The van der Waals surface area contributed by atoms with E-state index in [4.69, 9.17) is 28.9 Å². The molecule has 2 N–H and O–H groups in total. The van der Waals surface area contributed by atoms with Gasteiger partial charge < -0.3 is 5.73 Å². The van der Waals surface area contributed by atoms with Crippen molar-refractivity contribution in [1.29, 1.82) is 0 Å². The molecule has 3 heteroatoms. The van der Waals surface area contributed by atoms with Crippen LogP contribution in [0.1, 0.15) is 24.9 Å². The van der Waals surface area contributed by atoms with Crippen molar-refractivity contribution in [3.8, 4) is 0 Å². The molecule has 0 radical (unpaired) electrons. The standard InChI is InChI=1S/C9H11Cl2N/c1-2-9(12)6-3-4-7(10)8(11)5-6/h3-5,9H,2,12H2,1H3/t9-/m0/s1. The second-order valence-corrected chi connectivity index (χ2v) is 3.50. The Morgan fingerprint density at radius 3 is 2.50 bits per heavy atom. The van der Waals surface area contributed by atoms with E-state index in [-0.39, 0.29) is 6.04 Å². The van der Waals surface area contributed by atoms with E-state index in [0.29, 0.717) is 10.0 Å². The molecule has 0 spiro atoms. The monoisotopic (exact) mass is 203 g/mol. The molecular formula is C9H11Cl2N. The van der Waals surface area contributed by atoms with Crippen molar-refractivity contribution in [2.24, 2.45) is 5.73 Å². The van der Waals surface area contributed by atoms with Crippen LogP contribution < -0.4 is 5.73 Å². The number of nitrogens with two attached hydrogens (primary N) is 1. The van der Waals surface area contributed by atoms with Gasteiger partial charge in [-0.05, 0) is 24.1 Å². The molecule has 1 nitrogen and oxygen atoms in total. The Kier molecular flexibility index (Phi) is 3.39. The van der Waals surface area contributed by atoms with Gasteiger partial charge in [0.1, 0.15) is 0 Å². The third kappa shape index (κ3) is 2.13. The molecule has 0 aliphatic carbocycles. The van der Waals surface area contributed by atoms with E-state index in [9.17, 15) is 0 Å². The van der Waals surface area contributed by atoms with Gasteiger partial charge in [0.15, 0.2) is 0 Å². The molecule has 66 valence electrons. The lowest BCUT2D eigenvalue weighted by molar-refractivity contribution is 0.699. The molecule has 0 bridgehead atoms. The summed E-state index contributed by atoms with van der Waals surface area (Å²) in [5, 5.41) is 1.14. The van der Waals surface area contributed by atoms with Crippen LogP contribution in [0.25, 0.3) is 0 Å². The maximum absolute atomic E-state index is 5.83. The van der Waals surface area contributed by atoms with Crippen molar-refractivity contribution in [3.63, 3.8) is 0 Å². The zero-order chi connectivity index (χ0) is 9.14. The molecule has 0 amide bonds. The van der Waals surface area contributed by atoms with Gasteiger partial charge in [-0.1, -0.05) is 36.2 Å². The van der Waals surface area contributed by atoms with E-state index in [1.165, 1.54) is 0 Å².